The van der Waals surface area contributed by atoms with Crippen LogP contribution < -0.4 is 0 Å². The molecule has 2 heterocycles. The molecule has 1 fully saturated rings. The lowest BCUT2D eigenvalue weighted by atomic mass is 9.87. The Bertz CT molecular complexity index is 564. The quantitative estimate of drug-likeness (QED) is 0.818. The van der Waals surface area contributed by atoms with E-state index in [1.54, 1.807) is 0 Å². The van der Waals surface area contributed by atoms with Gasteiger partial charge in [-0.1, -0.05) is 24.3 Å². The van der Waals surface area contributed by atoms with Gasteiger partial charge in [0.25, 0.3) is 0 Å². The molecule has 2 nitrogen and oxygen atoms in total. The molecule has 0 radical (unpaired) electrons. The van der Waals surface area contributed by atoms with Gasteiger partial charge in [0.15, 0.2) is 0 Å². The summed E-state index contributed by atoms with van der Waals surface area (Å²) in [5.74, 6) is 0.582. The summed E-state index contributed by atoms with van der Waals surface area (Å²) < 4.78 is 6.52. The van der Waals surface area contributed by atoms with E-state index in [2.05, 4.69) is 45.2 Å². The van der Waals surface area contributed by atoms with Crippen LogP contribution in [0.2, 0.25) is 0 Å². The predicted molar refractivity (Wildman–Crippen MR) is 80.2 cm³/mol. The van der Waals surface area contributed by atoms with Crippen LogP contribution in [0.25, 0.3) is 11.3 Å². The Kier molecular flexibility index (Phi) is 3.95. The van der Waals surface area contributed by atoms with Gasteiger partial charge in [0, 0.05) is 29.4 Å². The van der Waals surface area contributed by atoms with Gasteiger partial charge in [-0.2, -0.15) is 0 Å². The molecular weight excluding hydrogens is 302 g/mol. The molecule has 3 rings (SSSR count). The van der Waals surface area contributed by atoms with Crippen molar-refractivity contribution in [2.24, 2.45) is 0 Å². The Morgan fingerprint density at radius 3 is 2.63 bits per heavy atom. The standard InChI is InChI=1S/C16H16BrNO/c17-15-6-3-9-18-16(15)14-5-2-1-4-13(14)12-7-10-19-11-8-12/h1-6,9,12H,7-8,10-11H2. The van der Waals surface area contributed by atoms with Gasteiger partial charge in [-0.25, -0.2) is 0 Å². The molecule has 0 bridgehead atoms. The second-order valence-corrected chi connectivity index (χ2v) is 5.66. The number of hydrogen-bond donors (Lipinski definition) is 0. The average molecular weight is 318 g/mol. The summed E-state index contributed by atoms with van der Waals surface area (Å²) in [5, 5.41) is 0. The second-order valence-electron chi connectivity index (χ2n) is 4.81. The lowest BCUT2D eigenvalue weighted by Gasteiger charge is -2.24. The van der Waals surface area contributed by atoms with Crippen molar-refractivity contribution in [1.82, 2.24) is 4.98 Å². The van der Waals surface area contributed by atoms with E-state index in [-0.39, 0.29) is 0 Å². The smallest absolute Gasteiger partial charge is 0.0846 e. The van der Waals surface area contributed by atoms with Gasteiger partial charge < -0.3 is 4.74 Å². The zero-order valence-corrected chi connectivity index (χ0v) is 12.3. The molecule has 1 aromatic heterocycles. The number of rotatable bonds is 2. The number of aromatic nitrogens is 1. The van der Waals surface area contributed by atoms with Gasteiger partial charge in [0.1, 0.15) is 0 Å². The van der Waals surface area contributed by atoms with Crippen LogP contribution in [-0.2, 0) is 4.74 Å². The summed E-state index contributed by atoms with van der Waals surface area (Å²) in [6.07, 6.45) is 4.05. The lowest BCUT2D eigenvalue weighted by Crippen LogP contribution is -2.14. The van der Waals surface area contributed by atoms with Crippen LogP contribution in [0, 0.1) is 0 Å². The predicted octanol–water partition coefficient (Wildman–Crippen LogP) is 4.41. The first kappa shape index (κ1) is 12.8. The summed E-state index contributed by atoms with van der Waals surface area (Å²) in [4.78, 5) is 4.53. The van der Waals surface area contributed by atoms with Crippen LogP contribution in [0.1, 0.15) is 24.3 Å². The van der Waals surface area contributed by atoms with E-state index in [9.17, 15) is 0 Å². The van der Waals surface area contributed by atoms with Crippen molar-refractivity contribution < 1.29 is 4.74 Å². The molecule has 1 saturated heterocycles. The minimum atomic E-state index is 0.582. The number of benzene rings is 1. The minimum Gasteiger partial charge on any atom is -0.381 e. The highest BCUT2D eigenvalue weighted by atomic mass is 79.9. The number of nitrogens with zero attached hydrogens (tertiary/aromatic N) is 1. The average Bonchev–Trinajstić information content (AvgIpc) is 2.49. The molecule has 2 aromatic rings. The van der Waals surface area contributed by atoms with Gasteiger partial charge in [0.2, 0.25) is 0 Å². The minimum absolute atomic E-state index is 0.582. The van der Waals surface area contributed by atoms with Gasteiger partial charge in [-0.05, 0) is 52.4 Å². The molecule has 0 atom stereocenters. The maximum Gasteiger partial charge on any atom is 0.0846 e. The van der Waals surface area contributed by atoms with Crippen LogP contribution in [0.3, 0.4) is 0 Å². The van der Waals surface area contributed by atoms with Crippen LogP contribution in [0.5, 0.6) is 0 Å². The molecule has 19 heavy (non-hydrogen) atoms. The molecule has 1 aliphatic rings. The Morgan fingerprint density at radius 1 is 1.05 bits per heavy atom. The van der Waals surface area contributed by atoms with E-state index in [0.29, 0.717) is 5.92 Å². The lowest BCUT2D eigenvalue weighted by molar-refractivity contribution is 0.0854. The zero-order chi connectivity index (χ0) is 13.1. The third-order valence-electron chi connectivity index (χ3n) is 3.64. The molecule has 0 aliphatic carbocycles. The maximum atomic E-state index is 5.47. The van der Waals surface area contributed by atoms with Gasteiger partial charge in [0.05, 0.1) is 5.69 Å². The van der Waals surface area contributed by atoms with Crippen molar-refractivity contribution in [2.45, 2.75) is 18.8 Å². The Morgan fingerprint density at radius 2 is 1.84 bits per heavy atom. The highest BCUT2D eigenvalue weighted by molar-refractivity contribution is 9.10. The fraction of sp³-hybridized carbons (Fsp3) is 0.312. The fourth-order valence-corrected chi connectivity index (χ4v) is 3.13. The third-order valence-corrected chi connectivity index (χ3v) is 4.28. The van der Waals surface area contributed by atoms with E-state index in [0.717, 1.165) is 36.2 Å². The van der Waals surface area contributed by atoms with Crippen molar-refractivity contribution in [1.29, 1.82) is 0 Å². The first-order valence-corrected chi connectivity index (χ1v) is 7.43. The molecule has 0 N–H and O–H groups in total. The van der Waals surface area contributed by atoms with Crippen molar-refractivity contribution in [2.75, 3.05) is 13.2 Å². The van der Waals surface area contributed by atoms with Crippen LogP contribution in [-0.4, -0.2) is 18.2 Å². The van der Waals surface area contributed by atoms with E-state index in [1.807, 2.05) is 18.3 Å². The Hall–Kier alpha value is -1.19. The number of pyridine rings is 1. The van der Waals surface area contributed by atoms with Gasteiger partial charge in [-0.15, -0.1) is 0 Å². The summed E-state index contributed by atoms with van der Waals surface area (Å²) in [6, 6.07) is 12.6. The SMILES string of the molecule is Brc1cccnc1-c1ccccc1C1CCOCC1. The number of hydrogen-bond acceptors (Lipinski definition) is 2. The van der Waals surface area contributed by atoms with Crippen molar-refractivity contribution in [3.05, 3.63) is 52.6 Å². The molecule has 1 aromatic carbocycles. The van der Waals surface area contributed by atoms with Crippen molar-refractivity contribution >= 4 is 15.9 Å². The zero-order valence-electron chi connectivity index (χ0n) is 10.7. The molecule has 0 spiro atoms. The van der Waals surface area contributed by atoms with Crippen LogP contribution >= 0.6 is 15.9 Å². The summed E-state index contributed by atoms with van der Waals surface area (Å²) in [5.41, 5.74) is 3.66. The molecular formula is C16H16BrNO. The maximum absolute atomic E-state index is 5.47. The fourth-order valence-electron chi connectivity index (χ4n) is 2.66. The molecule has 0 saturated carbocycles. The highest BCUT2D eigenvalue weighted by Crippen LogP contribution is 2.36. The third kappa shape index (κ3) is 2.72. The van der Waals surface area contributed by atoms with Crippen LogP contribution in [0.15, 0.2) is 47.1 Å². The largest absolute Gasteiger partial charge is 0.381 e. The summed E-state index contributed by atoms with van der Waals surface area (Å²) in [7, 11) is 0. The number of halogens is 1. The Labute approximate surface area is 122 Å². The van der Waals surface area contributed by atoms with Gasteiger partial charge >= 0.3 is 0 Å². The van der Waals surface area contributed by atoms with Crippen LogP contribution in [0.4, 0.5) is 0 Å². The van der Waals surface area contributed by atoms with E-state index in [1.165, 1.54) is 11.1 Å². The molecule has 0 amide bonds. The van der Waals surface area contributed by atoms with Crippen molar-refractivity contribution in [3.8, 4) is 11.3 Å². The summed E-state index contributed by atoms with van der Waals surface area (Å²) >= 11 is 3.60. The monoisotopic (exact) mass is 317 g/mol. The Balaban J connectivity index is 2.04. The molecule has 1 aliphatic heterocycles. The molecule has 0 unspecified atom stereocenters. The van der Waals surface area contributed by atoms with Gasteiger partial charge in [-0.3, -0.25) is 4.98 Å². The van der Waals surface area contributed by atoms with E-state index < -0.39 is 0 Å². The van der Waals surface area contributed by atoms with Crippen molar-refractivity contribution in [3.63, 3.8) is 0 Å². The second kappa shape index (κ2) is 5.85. The first-order chi connectivity index (χ1) is 9.36. The molecule has 98 valence electrons. The normalized spacial score (nSPS) is 16.5. The number of ether oxygens (including phenoxy) is 1. The van der Waals surface area contributed by atoms with E-state index in [4.69, 9.17) is 4.74 Å². The molecule has 3 heteroatoms. The topological polar surface area (TPSA) is 22.1 Å². The highest BCUT2D eigenvalue weighted by Gasteiger charge is 2.20. The first-order valence-electron chi connectivity index (χ1n) is 6.64. The van der Waals surface area contributed by atoms with E-state index >= 15 is 0 Å². The summed E-state index contributed by atoms with van der Waals surface area (Å²) in [6.45, 7) is 1.73.